The molecule has 0 spiro atoms. The minimum atomic E-state index is -0.144. The molecular formula is C19H26N4O. The average Bonchev–Trinajstić information content (AvgIpc) is 2.55. The number of aromatic nitrogens is 2. The van der Waals surface area contributed by atoms with Crippen molar-refractivity contribution in [1.29, 1.82) is 0 Å². The molecule has 2 rings (SSSR count). The Labute approximate surface area is 143 Å². The van der Waals surface area contributed by atoms with Crippen LogP contribution in [0.3, 0.4) is 0 Å². The molecule has 0 atom stereocenters. The topological polar surface area (TPSA) is 66.9 Å². The second-order valence-corrected chi connectivity index (χ2v) is 6.72. The molecule has 1 aromatic heterocycles. The van der Waals surface area contributed by atoms with Crippen LogP contribution < -0.4 is 10.6 Å². The molecule has 0 saturated carbocycles. The SMILES string of the molecule is Cc1cccc(C(C)C)c1Nc1ncc(C(=O)NCC(C)C)cn1. The van der Waals surface area contributed by atoms with E-state index in [1.807, 2.05) is 0 Å². The smallest absolute Gasteiger partial charge is 0.254 e. The predicted octanol–water partition coefficient (Wildman–Crippen LogP) is 4.04. The zero-order valence-electron chi connectivity index (χ0n) is 15.1. The number of amides is 1. The quantitative estimate of drug-likeness (QED) is 0.841. The summed E-state index contributed by atoms with van der Waals surface area (Å²) in [4.78, 5) is 20.6. The van der Waals surface area contributed by atoms with Crippen LogP contribution in [0, 0.1) is 12.8 Å². The fourth-order valence-corrected chi connectivity index (χ4v) is 2.36. The predicted molar refractivity (Wildman–Crippen MR) is 97.8 cm³/mol. The molecular weight excluding hydrogens is 300 g/mol. The Morgan fingerprint density at radius 3 is 2.38 bits per heavy atom. The first-order valence-electron chi connectivity index (χ1n) is 8.35. The van der Waals surface area contributed by atoms with Gasteiger partial charge < -0.3 is 10.6 Å². The number of hydrogen-bond acceptors (Lipinski definition) is 4. The summed E-state index contributed by atoms with van der Waals surface area (Å²) in [6, 6.07) is 6.22. The van der Waals surface area contributed by atoms with Crippen molar-refractivity contribution in [2.24, 2.45) is 5.92 Å². The first kappa shape index (κ1) is 17.9. The molecule has 0 aliphatic rings. The van der Waals surface area contributed by atoms with E-state index in [9.17, 15) is 4.79 Å². The first-order chi connectivity index (χ1) is 11.4. The highest BCUT2D eigenvalue weighted by molar-refractivity contribution is 5.93. The Morgan fingerprint density at radius 1 is 1.12 bits per heavy atom. The van der Waals surface area contributed by atoms with Gasteiger partial charge in [-0.3, -0.25) is 4.79 Å². The van der Waals surface area contributed by atoms with Gasteiger partial charge in [-0.15, -0.1) is 0 Å². The maximum atomic E-state index is 12.0. The van der Waals surface area contributed by atoms with Gasteiger partial charge in [-0.25, -0.2) is 9.97 Å². The van der Waals surface area contributed by atoms with Crippen LogP contribution >= 0.6 is 0 Å². The van der Waals surface area contributed by atoms with Crippen LogP contribution in [0.5, 0.6) is 0 Å². The zero-order valence-corrected chi connectivity index (χ0v) is 15.1. The molecule has 1 amide bonds. The van der Waals surface area contributed by atoms with Gasteiger partial charge >= 0.3 is 0 Å². The monoisotopic (exact) mass is 326 g/mol. The summed E-state index contributed by atoms with van der Waals surface area (Å²) in [6.07, 6.45) is 3.11. The number of nitrogens with one attached hydrogen (secondary N) is 2. The molecule has 2 N–H and O–H groups in total. The second kappa shape index (κ2) is 7.90. The van der Waals surface area contributed by atoms with Gasteiger partial charge in [0.25, 0.3) is 5.91 Å². The largest absolute Gasteiger partial charge is 0.352 e. The highest BCUT2D eigenvalue weighted by atomic mass is 16.1. The van der Waals surface area contributed by atoms with Gasteiger partial charge in [0.05, 0.1) is 5.56 Å². The fraction of sp³-hybridized carbons (Fsp3) is 0.421. The normalized spacial score (nSPS) is 11.0. The Morgan fingerprint density at radius 2 is 1.79 bits per heavy atom. The van der Waals surface area contributed by atoms with Gasteiger partial charge in [-0.05, 0) is 29.9 Å². The molecule has 128 valence electrons. The molecule has 1 aromatic carbocycles. The minimum Gasteiger partial charge on any atom is -0.352 e. The molecule has 0 bridgehead atoms. The highest BCUT2D eigenvalue weighted by Crippen LogP contribution is 2.29. The zero-order chi connectivity index (χ0) is 17.7. The van der Waals surface area contributed by atoms with Crippen LogP contribution in [-0.4, -0.2) is 22.4 Å². The molecule has 5 heteroatoms. The van der Waals surface area contributed by atoms with E-state index in [1.165, 1.54) is 5.56 Å². The van der Waals surface area contributed by atoms with Crippen molar-refractivity contribution in [3.63, 3.8) is 0 Å². The standard InChI is InChI=1S/C19H26N4O/c1-12(2)9-20-18(24)15-10-21-19(22-11-15)23-17-14(5)7-6-8-16(17)13(3)4/h6-8,10-13H,9H2,1-5H3,(H,20,24)(H,21,22,23). The van der Waals surface area contributed by atoms with Gasteiger partial charge in [0.2, 0.25) is 5.95 Å². The summed E-state index contributed by atoms with van der Waals surface area (Å²) in [5, 5.41) is 6.15. The number of anilines is 2. The van der Waals surface area contributed by atoms with E-state index >= 15 is 0 Å². The lowest BCUT2D eigenvalue weighted by Gasteiger charge is -2.16. The van der Waals surface area contributed by atoms with Gasteiger partial charge in [0.1, 0.15) is 0 Å². The number of carbonyl (C=O) groups excluding carboxylic acids is 1. The molecule has 24 heavy (non-hydrogen) atoms. The molecule has 1 heterocycles. The highest BCUT2D eigenvalue weighted by Gasteiger charge is 2.11. The minimum absolute atomic E-state index is 0.144. The van der Waals surface area contributed by atoms with E-state index in [1.54, 1.807) is 12.4 Å². The molecule has 0 aliphatic heterocycles. The first-order valence-corrected chi connectivity index (χ1v) is 8.35. The Hall–Kier alpha value is -2.43. The molecule has 0 aliphatic carbocycles. The van der Waals surface area contributed by atoms with Crippen molar-refractivity contribution in [2.75, 3.05) is 11.9 Å². The summed E-state index contributed by atoms with van der Waals surface area (Å²) in [7, 11) is 0. The maximum Gasteiger partial charge on any atom is 0.254 e. The molecule has 0 radical (unpaired) electrons. The summed E-state index contributed by atoms with van der Waals surface area (Å²) >= 11 is 0. The van der Waals surface area contributed by atoms with Crippen LogP contribution in [0.1, 0.15) is 55.1 Å². The van der Waals surface area contributed by atoms with Crippen LogP contribution in [0.4, 0.5) is 11.6 Å². The molecule has 2 aromatic rings. The third-order valence-electron chi connectivity index (χ3n) is 3.75. The van der Waals surface area contributed by atoms with Crippen LogP contribution in [0.2, 0.25) is 0 Å². The summed E-state index contributed by atoms with van der Waals surface area (Å²) < 4.78 is 0. The number of hydrogen-bond donors (Lipinski definition) is 2. The van der Waals surface area contributed by atoms with E-state index in [4.69, 9.17) is 0 Å². The maximum absolute atomic E-state index is 12.0. The second-order valence-electron chi connectivity index (χ2n) is 6.72. The summed E-state index contributed by atoms with van der Waals surface area (Å²) in [5.74, 6) is 1.15. The van der Waals surface area contributed by atoms with E-state index in [-0.39, 0.29) is 5.91 Å². The molecule has 0 unspecified atom stereocenters. The van der Waals surface area contributed by atoms with Crippen molar-refractivity contribution in [1.82, 2.24) is 15.3 Å². The lowest BCUT2D eigenvalue weighted by Crippen LogP contribution is -2.27. The van der Waals surface area contributed by atoms with E-state index in [0.29, 0.717) is 29.9 Å². The van der Waals surface area contributed by atoms with E-state index < -0.39 is 0 Å². The van der Waals surface area contributed by atoms with Gasteiger partial charge in [-0.2, -0.15) is 0 Å². The van der Waals surface area contributed by atoms with Crippen LogP contribution in [0.25, 0.3) is 0 Å². The summed E-state index contributed by atoms with van der Waals surface area (Å²) in [6.45, 7) is 11.1. The fourth-order valence-electron chi connectivity index (χ4n) is 2.36. The Bertz CT molecular complexity index is 693. The molecule has 0 fully saturated rings. The van der Waals surface area contributed by atoms with Gasteiger partial charge in [-0.1, -0.05) is 45.9 Å². The molecule has 5 nitrogen and oxygen atoms in total. The van der Waals surface area contributed by atoms with E-state index in [0.717, 1.165) is 11.3 Å². The third kappa shape index (κ3) is 4.54. The van der Waals surface area contributed by atoms with Crippen molar-refractivity contribution >= 4 is 17.5 Å². The van der Waals surface area contributed by atoms with E-state index in [2.05, 4.69) is 73.4 Å². The average molecular weight is 326 g/mol. The number of carbonyl (C=O) groups is 1. The number of benzene rings is 1. The lowest BCUT2D eigenvalue weighted by atomic mass is 9.98. The van der Waals surface area contributed by atoms with Gasteiger partial charge in [0.15, 0.2) is 0 Å². The van der Waals surface area contributed by atoms with Crippen molar-refractivity contribution in [2.45, 2.75) is 40.5 Å². The van der Waals surface area contributed by atoms with Gasteiger partial charge in [0, 0.05) is 24.6 Å². The van der Waals surface area contributed by atoms with Crippen molar-refractivity contribution in [3.05, 3.63) is 47.3 Å². The lowest BCUT2D eigenvalue weighted by molar-refractivity contribution is 0.0948. The third-order valence-corrected chi connectivity index (χ3v) is 3.75. The number of aryl methyl sites for hydroxylation is 1. The van der Waals surface area contributed by atoms with Crippen molar-refractivity contribution < 1.29 is 4.79 Å². The number of nitrogens with zero attached hydrogens (tertiary/aromatic N) is 2. The Balaban J connectivity index is 2.14. The van der Waals surface area contributed by atoms with Crippen molar-refractivity contribution in [3.8, 4) is 0 Å². The number of para-hydroxylation sites is 1. The Kier molecular flexibility index (Phi) is 5.90. The molecule has 0 saturated heterocycles. The summed E-state index contributed by atoms with van der Waals surface area (Å²) in [5.41, 5.74) is 3.86. The van der Waals surface area contributed by atoms with Crippen LogP contribution in [0.15, 0.2) is 30.6 Å². The van der Waals surface area contributed by atoms with Crippen LogP contribution in [-0.2, 0) is 0 Å². The number of rotatable bonds is 6.